The molecule has 0 saturated carbocycles. The van der Waals surface area contributed by atoms with Crippen LogP contribution in [0.15, 0.2) is 24.3 Å². The Labute approximate surface area is 113 Å². The number of anilines is 1. The summed E-state index contributed by atoms with van der Waals surface area (Å²) in [6.07, 6.45) is 0. The van der Waals surface area contributed by atoms with E-state index in [9.17, 15) is 4.79 Å². The molecule has 2 unspecified atom stereocenters. The van der Waals surface area contributed by atoms with Crippen LogP contribution in [0.1, 0.15) is 12.5 Å². The molecule has 5 nitrogen and oxygen atoms in total. The third kappa shape index (κ3) is 3.76. The highest BCUT2D eigenvalue weighted by Crippen LogP contribution is 2.16. The summed E-state index contributed by atoms with van der Waals surface area (Å²) in [6, 6.07) is 7.91. The maximum absolute atomic E-state index is 12.2. The van der Waals surface area contributed by atoms with Gasteiger partial charge in [-0.2, -0.15) is 0 Å². The molecule has 1 fully saturated rings. The summed E-state index contributed by atoms with van der Waals surface area (Å²) in [5.74, 6) is -0.0112. The molecule has 0 spiro atoms. The zero-order valence-electron chi connectivity index (χ0n) is 11.4. The molecule has 2 rings (SSSR count). The van der Waals surface area contributed by atoms with Gasteiger partial charge in [-0.1, -0.05) is 18.2 Å². The molecule has 1 aromatic carbocycles. The highest BCUT2D eigenvalue weighted by atomic mass is 16.5. The van der Waals surface area contributed by atoms with Gasteiger partial charge in [0.1, 0.15) is 0 Å². The summed E-state index contributed by atoms with van der Waals surface area (Å²) in [7, 11) is 1.65. The summed E-state index contributed by atoms with van der Waals surface area (Å²) in [5, 5.41) is 9.48. The number of nitrogens with one attached hydrogen (secondary N) is 3. The lowest BCUT2D eigenvalue weighted by Gasteiger charge is -2.28. The molecule has 1 aliphatic heterocycles. The van der Waals surface area contributed by atoms with Gasteiger partial charge in [-0.05, 0) is 13.0 Å². The molecule has 1 heterocycles. The molecule has 3 N–H and O–H groups in total. The molecule has 1 amide bonds. The lowest BCUT2D eigenvalue weighted by molar-refractivity contribution is -0.118. The van der Waals surface area contributed by atoms with Crippen molar-refractivity contribution in [2.24, 2.45) is 0 Å². The third-order valence-electron chi connectivity index (χ3n) is 3.23. The molecule has 1 aromatic rings. The summed E-state index contributed by atoms with van der Waals surface area (Å²) in [4.78, 5) is 12.2. The van der Waals surface area contributed by atoms with Gasteiger partial charge in [0.25, 0.3) is 0 Å². The number of rotatable bonds is 4. The van der Waals surface area contributed by atoms with Crippen molar-refractivity contribution in [2.75, 3.05) is 25.5 Å². The second-order valence-electron chi connectivity index (χ2n) is 4.85. The van der Waals surface area contributed by atoms with Crippen LogP contribution in [-0.4, -0.2) is 38.2 Å². The molecule has 2 atom stereocenters. The van der Waals surface area contributed by atoms with Crippen LogP contribution in [-0.2, 0) is 16.1 Å². The molecule has 1 saturated heterocycles. The summed E-state index contributed by atoms with van der Waals surface area (Å²) < 4.78 is 5.13. The predicted molar refractivity (Wildman–Crippen MR) is 75.0 cm³/mol. The molecule has 1 aliphatic rings. The number of amides is 1. The van der Waals surface area contributed by atoms with E-state index >= 15 is 0 Å². The molecule has 0 aliphatic carbocycles. The van der Waals surface area contributed by atoms with Crippen LogP contribution in [0.2, 0.25) is 0 Å². The van der Waals surface area contributed by atoms with Gasteiger partial charge in [0.05, 0.1) is 12.6 Å². The fraction of sp³-hybridized carbons (Fsp3) is 0.500. The number of piperazine rings is 1. The summed E-state index contributed by atoms with van der Waals surface area (Å²) >= 11 is 0. The van der Waals surface area contributed by atoms with Crippen molar-refractivity contribution in [1.82, 2.24) is 10.6 Å². The van der Waals surface area contributed by atoms with Crippen molar-refractivity contribution >= 4 is 11.6 Å². The van der Waals surface area contributed by atoms with Crippen molar-refractivity contribution in [2.45, 2.75) is 25.6 Å². The van der Waals surface area contributed by atoms with Gasteiger partial charge in [0.2, 0.25) is 5.91 Å². The van der Waals surface area contributed by atoms with Crippen LogP contribution >= 0.6 is 0 Å². The van der Waals surface area contributed by atoms with Gasteiger partial charge in [-0.3, -0.25) is 4.79 Å². The minimum absolute atomic E-state index is 0.0112. The number of benzene rings is 1. The molecule has 0 radical (unpaired) electrons. The Morgan fingerprint density at radius 1 is 1.37 bits per heavy atom. The first-order valence-electron chi connectivity index (χ1n) is 6.55. The van der Waals surface area contributed by atoms with Gasteiger partial charge in [-0.25, -0.2) is 0 Å². The van der Waals surface area contributed by atoms with E-state index in [2.05, 4.69) is 22.9 Å². The van der Waals surface area contributed by atoms with Crippen molar-refractivity contribution in [3.8, 4) is 0 Å². The highest BCUT2D eigenvalue weighted by Gasteiger charge is 2.23. The van der Waals surface area contributed by atoms with Crippen molar-refractivity contribution in [1.29, 1.82) is 0 Å². The summed E-state index contributed by atoms with van der Waals surface area (Å²) in [6.45, 7) is 4.04. The second-order valence-corrected chi connectivity index (χ2v) is 4.85. The molecule has 0 aromatic heterocycles. The summed E-state index contributed by atoms with van der Waals surface area (Å²) in [5.41, 5.74) is 1.80. The second kappa shape index (κ2) is 6.65. The zero-order valence-corrected chi connectivity index (χ0v) is 11.4. The van der Waals surface area contributed by atoms with E-state index in [0.717, 1.165) is 17.8 Å². The van der Waals surface area contributed by atoms with E-state index in [0.29, 0.717) is 19.2 Å². The van der Waals surface area contributed by atoms with Crippen LogP contribution in [0.4, 0.5) is 5.69 Å². The Morgan fingerprint density at radius 3 is 2.84 bits per heavy atom. The van der Waals surface area contributed by atoms with Crippen LogP contribution in [0, 0.1) is 0 Å². The fourth-order valence-electron chi connectivity index (χ4n) is 2.11. The van der Waals surface area contributed by atoms with Gasteiger partial charge < -0.3 is 20.7 Å². The van der Waals surface area contributed by atoms with Gasteiger partial charge in [0.15, 0.2) is 0 Å². The largest absolute Gasteiger partial charge is 0.380 e. The lowest BCUT2D eigenvalue weighted by atomic mass is 10.1. The number of methoxy groups -OCH3 is 1. The number of ether oxygens (including phenoxy) is 1. The maximum atomic E-state index is 12.2. The van der Waals surface area contributed by atoms with E-state index in [1.807, 2.05) is 24.3 Å². The normalized spacial score (nSPS) is 23.1. The Kier molecular flexibility index (Phi) is 4.90. The molecule has 19 heavy (non-hydrogen) atoms. The quantitative estimate of drug-likeness (QED) is 0.749. The standard InChI is InChI=1S/C14H21N3O2/c1-10-7-16-13(8-15-10)14(18)17-12-6-4-3-5-11(12)9-19-2/h3-6,10,13,15-16H,7-9H2,1-2H3,(H,17,18). The Hall–Kier alpha value is -1.43. The first kappa shape index (κ1) is 14.0. The smallest absolute Gasteiger partial charge is 0.242 e. The van der Waals surface area contributed by atoms with E-state index in [1.165, 1.54) is 0 Å². The lowest BCUT2D eigenvalue weighted by Crippen LogP contribution is -2.57. The topological polar surface area (TPSA) is 62.4 Å². The number of carbonyl (C=O) groups excluding carboxylic acids is 1. The molecular weight excluding hydrogens is 242 g/mol. The van der Waals surface area contributed by atoms with Gasteiger partial charge in [-0.15, -0.1) is 0 Å². The van der Waals surface area contributed by atoms with E-state index in [4.69, 9.17) is 4.74 Å². The first-order chi connectivity index (χ1) is 9.20. The SMILES string of the molecule is COCc1ccccc1NC(=O)C1CNC(C)CN1. The van der Waals surface area contributed by atoms with Crippen LogP contribution in [0.3, 0.4) is 0 Å². The van der Waals surface area contributed by atoms with Crippen LogP contribution < -0.4 is 16.0 Å². The zero-order chi connectivity index (χ0) is 13.7. The van der Waals surface area contributed by atoms with E-state index in [-0.39, 0.29) is 11.9 Å². The highest BCUT2D eigenvalue weighted by molar-refractivity contribution is 5.95. The van der Waals surface area contributed by atoms with Gasteiger partial charge >= 0.3 is 0 Å². The van der Waals surface area contributed by atoms with Crippen molar-refractivity contribution in [3.63, 3.8) is 0 Å². The van der Waals surface area contributed by atoms with Crippen molar-refractivity contribution < 1.29 is 9.53 Å². The Morgan fingerprint density at radius 2 is 2.16 bits per heavy atom. The number of para-hydroxylation sites is 1. The fourth-order valence-corrected chi connectivity index (χ4v) is 2.11. The monoisotopic (exact) mass is 263 g/mol. The Bertz CT molecular complexity index is 428. The van der Waals surface area contributed by atoms with E-state index < -0.39 is 0 Å². The molecule has 0 bridgehead atoms. The average molecular weight is 263 g/mol. The average Bonchev–Trinajstić information content (AvgIpc) is 2.42. The van der Waals surface area contributed by atoms with E-state index in [1.54, 1.807) is 7.11 Å². The Balaban J connectivity index is 1.98. The molecular formula is C14H21N3O2. The number of hydrogen-bond acceptors (Lipinski definition) is 4. The number of carbonyl (C=O) groups is 1. The van der Waals surface area contributed by atoms with Crippen LogP contribution in [0.25, 0.3) is 0 Å². The van der Waals surface area contributed by atoms with Crippen molar-refractivity contribution in [3.05, 3.63) is 29.8 Å². The predicted octanol–water partition coefficient (Wildman–Crippen LogP) is 0.721. The van der Waals surface area contributed by atoms with Crippen LogP contribution in [0.5, 0.6) is 0 Å². The number of hydrogen-bond donors (Lipinski definition) is 3. The third-order valence-corrected chi connectivity index (χ3v) is 3.23. The molecule has 5 heteroatoms. The minimum atomic E-state index is -0.188. The first-order valence-corrected chi connectivity index (χ1v) is 6.55. The van der Waals surface area contributed by atoms with Gasteiger partial charge in [0, 0.05) is 37.5 Å². The molecule has 104 valence electrons. The maximum Gasteiger partial charge on any atom is 0.242 e. The minimum Gasteiger partial charge on any atom is -0.380 e.